The van der Waals surface area contributed by atoms with Crippen molar-refractivity contribution in [1.82, 2.24) is 20.4 Å². The number of ether oxygens (including phenoxy) is 1. The molecule has 142 valence electrons. The van der Waals surface area contributed by atoms with Gasteiger partial charge in [-0.05, 0) is 51.6 Å². The lowest BCUT2D eigenvalue weighted by Crippen LogP contribution is -2.34. The van der Waals surface area contributed by atoms with Gasteiger partial charge in [-0.15, -0.1) is 0 Å². The molecule has 0 atom stereocenters. The summed E-state index contributed by atoms with van der Waals surface area (Å²) in [5, 5.41) is 11.5. The van der Waals surface area contributed by atoms with Crippen LogP contribution < -0.4 is 5.32 Å². The summed E-state index contributed by atoms with van der Waals surface area (Å²) < 4.78 is 6.26. The Kier molecular flexibility index (Phi) is 5.78. The van der Waals surface area contributed by atoms with Gasteiger partial charge in [0.05, 0.1) is 17.9 Å². The van der Waals surface area contributed by atoms with Crippen molar-refractivity contribution in [2.45, 2.75) is 64.0 Å². The van der Waals surface area contributed by atoms with E-state index in [0.717, 1.165) is 51.9 Å². The highest BCUT2D eigenvalue weighted by Crippen LogP contribution is 2.50. The van der Waals surface area contributed by atoms with Gasteiger partial charge in [0.15, 0.2) is 0 Å². The van der Waals surface area contributed by atoms with Crippen LogP contribution in [0.1, 0.15) is 63.1 Å². The largest absolute Gasteiger partial charge is 0.374 e. The Balaban J connectivity index is 1.64. The molecule has 1 saturated heterocycles. The molecule has 3 rings (SSSR count). The van der Waals surface area contributed by atoms with Crippen LogP contribution in [-0.4, -0.2) is 54.5 Å². The fourth-order valence-electron chi connectivity index (χ4n) is 4.56. The molecule has 1 aliphatic heterocycles. The Morgan fingerprint density at radius 3 is 2.68 bits per heavy atom. The van der Waals surface area contributed by atoms with Crippen molar-refractivity contribution in [3.8, 4) is 0 Å². The molecule has 1 aromatic heterocycles. The molecule has 0 unspecified atom stereocenters. The number of nitrogens with one attached hydrogen (secondary N) is 2. The maximum absolute atomic E-state index is 6.42. The number of halogens is 1. The minimum atomic E-state index is 0.115. The van der Waals surface area contributed by atoms with Crippen LogP contribution in [0.15, 0.2) is 0 Å². The molecule has 1 aromatic rings. The van der Waals surface area contributed by atoms with Gasteiger partial charge in [0.1, 0.15) is 5.15 Å². The minimum Gasteiger partial charge on any atom is -0.374 e. The van der Waals surface area contributed by atoms with Crippen LogP contribution in [0.2, 0.25) is 5.15 Å². The van der Waals surface area contributed by atoms with Crippen molar-refractivity contribution in [3.05, 3.63) is 16.4 Å². The lowest BCUT2D eigenvalue weighted by Gasteiger charge is -2.37. The van der Waals surface area contributed by atoms with E-state index >= 15 is 0 Å². The van der Waals surface area contributed by atoms with Crippen LogP contribution in [0.3, 0.4) is 0 Å². The van der Waals surface area contributed by atoms with Gasteiger partial charge >= 0.3 is 0 Å². The Morgan fingerprint density at radius 1 is 1.36 bits per heavy atom. The summed E-state index contributed by atoms with van der Waals surface area (Å²) in [6, 6.07) is 0. The van der Waals surface area contributed by atoms with E-state index in [9.17, 15) is 0 Å². The maximum Gasteiger partial charge on any atom is 0.128 e. The Bertz CT molecular complexity index is 578. The fraction of sp³-hybridized carbons (Fsp3) is 0.842. The zero-order chi connectivity index (χ0) is 18.1. The number of rotatable bonds is 6. The molecule has 1 aliphatic carbocycles. The molecule has 0 amide bonds. The van der Waals surface area contributed by atoms with Gasteiger partial charge in [-0.25, -0.2) is 0 Å². The highest BCUT2D eigenvalue weighted by atomic mass is 35.5. The van der Waals surface area contributed by atoms with E-state index in [1.54, 1.807) is 0 Å². The average Bonchev–Trinajstić information content (AvgIpc) is 3.07. The van der Waals surface area contributed by atoms with Crippen LogP contribution in [-0.2, 0) is 11.3 Å². The van der Waals surface area contributed by atoms with Crippen LogP contribution in [0.4, 0.5) is 0 Å². The van der Waals surface area contributed by atoms with Gasteiger partial charge in [-0.2, -0.15) is 5.10 Å². The van der Waals surface area contributed by atoms with Crippen molar-refractivity contribution >= 4 is 11.6 Å². The molecule has 0 aromatic carbocycles. The second-order valence-corrected chi connectivity index (χ2v) is 9.21. The highest BCUT2D eigenvalue weighted by Gasteiger charge is 2.46. The predicted molar refractivity (Wildman–Crippen MR) is 102 cm³/mol. The molecule has 5 nitrogen and oxygen atoms in total. The Morgan fingerprint density at radius 2 is 2.08 bits per heavy atom. The molecule has 2 aliphatic rings. The zero-order valence-corrected chi connectivity index (χ0v) is 16.9. The van der Waals surface area contributed by atoms with Crippen molar-refractivity contribution in [3.63, 3.8) is 0 Å². The SMILES string of the molecule is CNCCN(C)Cc1c(Cl)[nH]nc1[C@H]1CC[C@]2(CC1)CC(C)(C)CO2. The summed E-state index contributed by atoms with van der Waals surface area (Å²) in [7, 11) is 4.11. The van der Waals surface area contributed by atoms with Crippen LogP contribution >= 0.6 is 11.6 Å². The fourth-order valence-corrected chi connectivity index (χ4v) is 4.76. The van der Waals surface area contributed by atoms with E-state index in [-0.39, 0.29) is 5.60 Å². The number of aromatic nitrogens is 2. The number of H-pyrrole nitrogens is 1. The molecule has 0 radical (unpaired) electrons. The van der Waals surface area contributed by atoms with E-state index < -0.39 is 0 Å². The van der Waals surface area contributed by atoms with E-state index in [2.05, 4.69) is 41.3 Å². The first-order valence-corrected chi connectivity index (χ1v) is 9.92. The molecule has 2 fully saturated rings. The molecule has 2 N–H and O–H groups in total. The number of likely N-dealkylation sites (N-methyl/N-ethyl adjacent to an activating group) is 2. The van der Waals surface area contributed by atoms with Crippen molar-refractivity contribution < 1.29 is 4.74 Å². The van der Waals surface area contributed by atoms with E-state index in [1.165, 1.54) is 17.7 Å². The number of hydrogen-bond donors (Lipinski definition) is 2. The molecule has 6 heteroatoms. The van der Waals surface area contributed by atoms with Crippen molar-refractivity contribution in [2.24, 2.45) is 5.41 Å². The Hall–Kier alpha value is -0.620. The first-order valence-electron chi connectivity index (χ1n) is 9.54. The minimum absolute atomic E-state index is 0.115. The molecular formula is C19H33ClN4O. The maximum atomic E-state index is 6.42. The van der Waals surface area contributed by atoms with Gasteiger partial charge in [-0.1, -0.05) is 25.4 Å². The van der Waals surface area contributed by atoms with Gasteiger partial charge in [-0.3, -0.25) is 5.10 Å². The first kappa shape index (κ1) is 19.2. The standard InChI is InChI=1S/C19H33ClN4O/c1-18(2)12-19(25-13-18)7-5-14(6-8-19)16-15(17(20)23-22-16)11-24(4)10-9-21-3/h14,21H,5-13H2,1-4H3,(H,22,23)/t14-,19-. The molecular weight excluding hydrogens is 336 g/mol. The van der Waals surface area contributed by atoms with Crippen LogP contribution in [0.5, 0.6) is 0 Å². The van der Waals surface area contributed by atoms with Crippen LogP contribution in [0.25, 0.3) is 0 Å². The second kappa shape index (κ2) is 7.55. The monoisotopic (exact) mass is 368 g/mol. The average molecular weight is 369 g/mol. The molecule has 0 bridgehead atoms. The number of nitrogens with zero attached hydrogens (tertiary/aromatic N) is 2. The normalized spacial score (nSPS) is 29.0. The van der Waals surface area contributed by atoms with Gasteiger partial charge in [0, 0.05) is 31.1 Å². The smallest absolute Gasteiger partial charge is 0.128 e. The summed E-state index contributed by atoms with van der Waals surface area (Å²) in [4.78, 5) is 2.30. The van der Waals surface area contributed by atoms with Gasteiger partial charge in [0.2, 0.25) is 0 Å². The molecule has 1 saturated carbocycles. The summed E-state index contributed by atoms with van der Waals surface area (Å²) >= 11 is 6.42. The third-order valence-electron chi connectivity index (χ3n) is 5.87. The highest BCUT2D eigenvalue weighted by molar-refractivity contribution is 6.30. The van der Waals surface area contributed by atoms with Gasteiger partial charge < -0.3 is 15.0 Å². The third-order valence-corrected chi connectivity index (χ3v) is 6.19. The summed E-state index contributed by atoms with van der Waals surface area (Å²) in [5.74, 6) is 0.495. The third kappa shape index (κ3) is 4.38. The molecule has 1 spiro atoms. The van der Waals surface area contributed by atoms with Crippen molar-refractivity contribution in [2.75, 3.05) is 33.8 Å². The number of aromatic amines is 1. The van der Waals surface area contributed by atoms with Crippen LogP contribution in [0, 0.1) is 5.41 Å². The summed E-state index contributed by atoms with van der Waals surface area (Å²) in [6.45, 7) is 8.35. The first-order chi connectivity index (χ1) is 11.8. The topological polar surface area (TPSA) is 53.2 Å². The molecule has 2 heterocycles. The zero-order valence-electron chi connectivity index (χ0n) is 16.1. The summed E-state index contributed by atoms with van der Waals surface area (Å²) in [6.07, 6.45) is 5.75. The molecule has 25 heavy (non-hydrogen) atoms. The summed E-state index contributed by atoms with van der Waals surface area (Å²) in [5.41, 5.74) is 2.79. The van der Waals surface area contributed by atoms with Crippen molar-refractivity contribution in [1.29, 1.82) is 0 Å². The van der Waals surface area contributed by atoms with Gasteiger partial charge in [0.25, 0.3) is 0 Å². The quantitative estimate of drug-likeness (QED) is 0.806. The Labute approximate surface area is 156 Å². The second-order valence-electron chi connectivity index (χ2n) is 8.83. The number of hydrogen-bond acceptors (Lipinski definition) is 4. The predicted octanol–water partition coefficient (Wildman–Crippen LogP) is 3.56. The van der Waals surface area contributed by atoms with E-state index in [4.69, 9.17) is 16.3 Å². The van der Waals surface area contributed by atoms with E-state index in [0.29, 0.717) is 16.5 Å². The lowest BCUT2D eigenvalue weighted by atomic mass is 9.72. The van der Waals surface area contributed by atoms with E-state index in [1.807, 2.05) is 7.05 Å². The lowest BCUT2D eigenvalue weighted by molar-refractivity contribution is -0.0296.